The Morgan fingerprint density at radius 2 is 1.74 bits per heavy atom. The van der Waals surface area contributed by atoms with Gasteiger partial charge in [0, 0.05) is 24.6 Å². The number of hydrogen-bond donors (Lipinski definition) is 2. The number of carboxylic acid groups (broad SMARTS) is 1. The van der Waals surface area contributed by atoms with Crippen molar-refractivity contribution in [2.45, 2.75) is 18.9 Å². The molecule has 1 unspecified atom stereocenters. The van der Waals surface area contributed by atoms with E-state index in [0.29, 0.717) is 12.5 Å². The number of nitrogens with one attached hydrogen (secondary N) is 1. The zero-order valence-corrected chi connectivity index (χ0v) is 18.4. The number of benzene rings is 2. The number of halogens is 2. The zero-order chi connectivity index (χ0) is 25.2. The molecule has 0 radical (unpaired) electrons. The lowest BCUT2D eigenvalue weighted by Crippen LogP contribution is -2.41. The van der Waals surface area contributed by atoms with Crippen molar-refractivity contribution in [2.75, 3.05) is 11.4 Å². The van der Waals surface area contributed by atoms with E-state index >= 15 is 0 Å². The van der Waals surface area contributed by atoms with Gasteiger partial charge in [0.25, 0.3) is 5.91 Å². The third-order valence-corrected chi connectivity index (χ3v) is 4.92. The van der Waals surface area contributed by atoms with Crippen LogP contribution in [0.4, 0.5) is 20.4 Å². The van der Waals surface area contributed by atoms with Crippen LogP contribution in [-0.4, -0.2) is 39.5 Å². The molecular weight excluding hydrogens is 456 g/mol. The highest BCUT2D eigenvalue weighted by atomic mass is 19.1. The van der Waals surface area contributed by atoms with Crippen molar-refractivity contribution < 1.29 is 23.5 Å². The van der Waals surface area contributed by atoms with Crippen LogP contribution in [0.3, 0.4) is 0 Å². The van der Waals surface area contributed by atoms with E-state index in [4.69, 9.17) is 5.26 Å². The molecule has 0 aliphatic rings. The summed E-state index contributed by atoms with van der Waals surface area (Å²) in [6.07, 6.45) is 6.59. The Labute approximate surface area is 200 Å². The maximum absolute atomic E-state index is 13.8. The average Bonchev–Trinajstić information content (AvgIpc) is 2.85. The number of rotatable bonds is 10. The Bertz CT molecular complexity index is 1220. The van der Waals surface area contributed by atoms with E-state index in [2.05, 4.69) is 21.4 Å². The van der Waals surface area contributed by atoms with E-state index in [0.717, 1.165) is 29.4 Å². The van der Waals surface area contributed by atoms with Gasteiger partial charge in [0.15, 0.2) is 0 Å². The maximum Gasteiger partial charge on any atom is 0.326 e. The number of carbonyl (C=O) groups is 2. The SMILES string of the molecule is N#CCCN(c1ccc(/C=C/CC(NC(=O)c2c(F)cccc2F)C(=O)O)cc1)c1ncccn1. The Hall–Kier alpha value is -4.65. The molecule has 1 atom stereocenters. The molecule has 178 valence electrons. The van der Waals surface area contributed by atoms with E-state index in [1.165, 1.54) is 0 Å². The Balaban J connectivity index is 1.68. The molecule has 1 heterocycles. The van der Waals surface area contributed by atoms with Gasteiger partial charge in [-0.15, -0.1) is 0 Å². The molecule has 2 aromatic carbocycles. The predicted molar refractivity (Wildman–Crippen MR) is 125 cm³/mol. The molecule has 0 saturated carbocycles. The standard InChI is InChI=1S/C25H21F2N5O3/c26-19-6-2-7-20(27)22(19)23(33)31-21(24(34)35)8-1-5-17-9-11-18(12-10-17)32(16-3-13-28)25-29-14-4-15-30-25/h1-2,4-7,9-12,14-15,21H,3,8,16H2,(H,31,33)(H,34,35)/b5-1+. The summed E-state index contributed by atoms with van der Waals surface area (Å²) in [7, 11) is 0. The van der Waals surface area contributed by atoms with E-state index in [9.17, 15) is 23.5 Å². The second-order valence-corrected chi connectivity index (χ2v) is 7.30. The number of hydrogen-bond acceptors (Lipinski definition) is 6. The fourth-order valence-corrected chi connectivity index (χ4v) is 3.21. The van der Waals surface area contributed by atoms with Gasteiger partial charge in [-0.2, -0.15) is 5.26 Å². The van der Waals surface area contributed by atoms with Crippen LogP contribution in [-0.2, 0) is 4.79 Å². The van der Waals surface area contributed by atoms with Crippen molar-refractivity contribution in [1.29, 1.82) is 5.26 Å². The molecule has 10 heteroatoms. The van der Waals surface area contributed by atoms with Gasteiger partial charge in [0.1, 0.15) is 23.2 Å². The van der Waals surface area contributed by atoms with E-state index in [-0.39, 0.29) is 12.8 Å². The smallest absolute Gasteiger partial charge is 0.326 e. The summed E-state index contributed by atoms with van der Waals surface area (Å²) in [5, 5.41) is 20.5. The van der Waals surface area contributed by atoms with Crippen molar-refractivity contribution in [3.63, 3.8) is 0 Å². The molecule has 1 amide bonds. The summed E-state index contributed by atoms with van der Waals surface area (Å²) in [4.78, 5) is 34.0. The van der Waals surface area contributed by atoms with Crippen molar-refractivity contribution >= 4 is 29.6 Å². The van der Waals surface area contributed by atoms with Crippen molar-refractivity contribution in [3.8, 4) is 6.07 Å². The molecule has 2 N–H and O–H groups in total. The summed E-state index contributed by atoms with van der Waals surface area (Å²) < 4.78 is 27.6. The van der Waals surface area contributed by atoms with Crippen molar-refractivity contribution in [1.82, 2.24) is 15.3 Å². The number of carboxylic acids is 1. The molecule has 0 fully saturated rings. The fraction of sp³-hybridized carbons (Fsp3) is 0.160. The Morgan fingerprint density at radius 1 is 1.09 bits per heavy atom. The molecule has 0 spiro atoms. The predicted octanol–water partition coefficient (Wildman–Crippen LogP) is 4.09. The minimum absolute atomic E-state index is 0.106. The number of amides is 1. The van der Waals surface area contributed by atoms with Crippen molar-refractivity contribution in [3.05, 3.63) is 89.8 Å². The third-order valence-electron chi connectivity index (χ3n) is 4.92. The topological polar surface area (TPSA) is 119 Å². The van der Waals surface area contributed by atoms with Crippen LogP contribution in [0.1, 0.15) is 28.8 Å². The first-order chi connectivity index (χ1) is 16.9. The van der Waals surface area contributed by atoms with Gasteiger partial charge >= 0.3 is 5.97 Å². The first-order valence-electron chi connectivity index (χ1n) is 10.6. The molecule has 0 aliphatic heterocycles. The minimum Gasteiger partial charge on any atom is -0.480 e. The van der Waals surface area contributed by atoms with Gasteiger partial charge in [0.05, 0.1) is 12.5 Å². The van der Waals surface area contributed by atoms with Crippen LogP contribution in [0, 0.1) is 23.0 Å². The second kappa shape index (κ2) is 12.0. The second-order valence-electron chi connectivity index (χ2n) is 7.30. The highest BCUT2D eigenvalue weighted by Crippen LogP contribution is 2.23. The average molecular weight is 477 g/mol. The van der Waals surface area contributed by atoms with Crippen LogP contribution >= 0.6 is 0 Å². The zero-order valence-electron chi connectivity index (χ0n) is 18.4. The molecule has 0 bridgehead atoms. The first kappa shape index (κ1) is 25.0. The Morgan fingerprint density at radius 3 is 2.34 bits per heavy atom. The molecule has 0 saturated heterocycles. The largest absolute Gasteiger partial charge is 0.480 e. The lowest BCUT2D eigenvalue weighted by molar-refractivity contribution is -0.139. The highest BCUT2D eigenvalue weighted by molar-refractivity contribution is 5.97. The summed E-state index contributed by atoms with van der Waals surface area (Å²) >= 11 is 0. The lowest BCUT2D eigenvalue weighted by Gasteiger charge is -2.21. The van der Waals surface area contributed by atoms with Crippen molar-refractivity contribution in [2.24, 2.45) is 0 Å². The molecular formula is C25H21F2N5O3. The summed E-state index contributed by atoms with van der Waals surface area (Å²) in [5.41, 5.74) is 0.687. The number of aliphatic carboxylic acids is 1. The van der Waals surface area contributed by atoms with E-state index in [1.807, 2.05) is 12.1 Å². The lowest BCUT2D eigenvalue weighted by atomic mass is 10.1. The van der Waals surface area contributed by atoms with Gasteiger partial charge in [-0.25, -0.2) is 23.5 Å². The minimum atomic E-state index is -1.38. The number of carbonyl (C=O) groups excluding carboxylic acids is 1. The van der Waals surface area contributed by atoms with Crippen LogP contribution in [0.25, 0.3) is 6.08 Å². The summed E-state index contributed by atoms with van der Waals surface area (Å²) in [5.74, 6) is -4.19. The van der Waals surface area contributed by atoms with Crippen LogP contribution in [0.15, 0.2) is 67.0 Å². The number of aromatic nitrogens is 2. The van der Waals surface area contributed by atoms with E-state index < -0.39 is 35.1 Å². The number of nitrogens with zero attached hydrogens (tertiary/aromatic N) is 4. The highest BCUT2D eigenvalue weighted by Gasteiger charge is 2.23. The number of anilines is 2. The number of nitriles is 1. The molecule has 3 aromatic rings. The molecule has 3 rings (SSSR count). The Kier molecular flexibility index (Phi) is 8.56. The quantitative estimate of drug-likeness (QED) is 0.451. The van der Waals surface area contributed by atoms with Crippen LogP contribution in [0.2, 0.25) is 0 Å². The van der Waals surface area contributed by atoms with E-state index in [1.54, 1.807) is 47.6 Å². The van der Waals surface area contributed by atoms with Crippen LogP contribution in [0.5, 0.6) is 0 Å². The molecule has 35 heavy (non-hydrogen) atoms. The van der Waals surface area contributed by atoms with Gasteiger partial charge < -0.3 is 15.3 Å². The normalized spacial score (nSPS) is 11.6. The van der Waals surface area contributed by atoms with Gasteiger partial charge in [-0.3, -0.25) is 4.79 Å². The third kappa shape index (κ3) is 6.68. The summed E-state index contributed by atoms with van der Waals surface area (Å²) in [6, 6.07) is 12.6. The molecule has 8 nitrogen and oxygen atoms in total. The van der Waals surface area contributed by atoms with Gasteiger partial charge in [-0.1, -0.05) is 30.4 Å². The summed E-state index contributed by atoms with van der Waals surface area (Å²) in [6.45, 7) is 0.401. The van der Waals surface area contributed by atoms with Gasteiger partial charge in [-0.05, 0) is 42.3 Å². The van der Waals surface area contributed by atoms with Crippen LogP contribution < -0.4 is 10.2 Å². The monoisotopic (exact) mass is 477 g/mol. The fourth-order valence-electron chi connectivity index (χ4n) is 3.21. The first-order valence-corrected chi connectivity index (χ1v) is 10.6. The van der Waals surface area contributed by atoms with Gasteiger partial charge in [0.2, 0.25) is 5.95 Å². The maximum atomic E-state index is 13.8. The molecule has 1 aromatic heterocycles. The molecule has 0 aliphatic carbocycles.